The van der Waals surface area contributed by atoms with E-state index in [0.717, 1.165) is 21.4 Å². The molecule has 0 aliphatic heterocycles. The Morgan fingerprint density at radius 1 is 1.11 bits per heavy atom. The van der Waals surface area contributed by atoms with Crippen molar-refractivity contribution < 1.29 is 27.9 Å². The minimum absolute atomic E-state index is 0.0120. The van der Waals surface area contributed by atoms with E-state index in [1.54, 1.807) is 38.1 Å². The molecule has 0 bridgehead atoms. The monoisotopic (exact) mass is 641 g/mol. The molecule has 3 aromatic carbocycles. The van der Waals surface area contributed by atoms with E-state index in [4.69, 9.17) is 13.9 Å². The van der Waals surface area contributed by atoms with Gasteiger partial charge in [0.25, 0.3) is 5.91 Å². The van der Waals surface area contributed by atoms with Crippen LogP contribution in [-0.2, 0) is 21.2 Å². The summed E-state index contributed by atoms with van der Waals surface area (Å²) in [5, 5.41) is 10.6. The van der Waals surface area contributed by atoms with Gasteiger partial charge < -0.3 is 19.2 Å². The smallest absolute Gasteiger partial charge is 0.359 e. The van der Waals surface area contributed by atoms with Gasteiger partial charge in [-0.15, -0.1) is 0 Å². The molecular weight excluding hydrogens is 607 g/mol. The summed E-state index contributed by atoms with van der Waals surface area (Å²) in [5.41, 5.74) is 12.2. The molecule has 46 heavy (non-hydrogen) atoms. The molecule has 237 valence electrons. The van der Waals surface area contributed by atoms with Crippen LogP contribution in [0, 0.1) is 19.7 Å². The van der Waals surface area contributed by atoms with Crippen LogP contribution < -0.4 is 10.1 Å². The number of anilines is 1. The van der Waals surface area contributed by atoms with Gasteiger partial charge in [-0.3, -0.25) is 4.79 Å². The molecule has 4 rings (SSSR count). The molecular formula is C33H34FN6O5Si. The quantitative estimate of drug-likeness (QED) is 0.0623. The summed E-state index contributed by atoms with van der Waals surface area (Å²) in [5.74, 6) is -1.95. The maximum Gasteiger partial charge on any atom is 0.359 e. The standard InChI is InChI=1S/C33H34FN6O5Si/c1-8-44-32(42)29-28(37-39-35)30(40(38-29)20-13-15-21(43-7)16-14-20)31(41)36-27-19(3)18(2)25(23(17-45-46)26(27)34)22-11-9-10-12-24(22)33(4,5)6/h9-16H,8,17H2,1-7H3,(H,36,41). The van der Waals surface area contributed by atoms with Gasteiger partial charge in [-0.05, 0) is 83.8 Å². The summed E-state index contributed by atoms with van der Waals surface area (Å²) in [6.45, 7) is 11.3. The zero-order valence-corrected chi connectivity index (χ0v) is 27.7. The molecule has 0 aliphatic rings. The van der Waals surface area contributed by atoms with Crippen molar-refractivity contribution in [2.75, 3.05) is 19.0 Å². The Hall–Kier alpha value is -4.97. The van der Waals surface area contributed by atoms with Crippen molar-refractivity contribution in [2.24, 2.45) is 5.11 Å². The van der Waals surface area contributed by atoms with Gasteiger partial charge in [0.15, 0.2) is 11.5 Å². The number of rotatable bonds is 10. The molecule has 0 saturated carbocycles. The predicted octanol–water partition coefficient (Wildman–Crippen LogP) is 7.57. The molecule has 0 unspecified atom stereocenters. The molecule has 4 aromatic rings. The summed E-state index contributed by atoms with van der Waals surface area (Å²) < 4.78 is 33.4. The van der Waals surface area contributed by atoms with E-state index in [0.29, 0.717) is 22.6 Å². The molecule has 0 fully saturated rings. The van der Waals surface area contributed by atoms with Crippen molar-refractivity contribution in [1.82, 2.24) is 9.78 Å². The molecule has 0 atom stereocenters. The van der Waals surface area contributed by atoms with E-state index in [1.807, 2.05) is 31.2 Å². The van der Waals surface area contributed by atoms with E-state index < -0.39 is 17.7 Å². The molecule has 1 aromatic heterocycles. The molecule has 0 saturated heterocycles. The normalized spacial score (nSPS) is 11.2. The van der Waals surface area contributed by atoms with Crippen molar-refractivity contribution in [2.45, 2.75) is 53.6 Å². The van der Waals surface area contributed by atoms with Crippen molar-refractivity contribution in [3.05, 3.63) is 98.4 Å². The van der Waals surface area contributed by atoms with Crippen LogP contribution in [0.3, 0.4) is 0 Å². The first-order valence-electron chi connectivity index (χ1n) is 14.4. The second kappa shape index (κ2) is 14.0. The number of hydrogen-bond donors (Lipinski definition) is 1. The Bertz CT molecular complexity index is 1840. The van der Waals surface area contributed by atoms with Gasteiger partial charge in [0.2, 0.25) is 10.5 Å². The fourth-order valence-corrected chi connectivity index (χ4v) is 5.42. The predicted molar refractivity (Wildman–Crippen MR) is 173 cm³/mol. The summed E-state index contributed by atoms with van der Waals surface area (Å²) in [4.78, 5) is 29.8. The van der Waals surface area contributed by atoms with Crippen LogP contribution in [0.2, 0.25) is 0 Å². The third-order valence-corrected chi connectivity index (χ3v) is 7.71. The highest BCUT2D eigenvalue weighted by atomic mass is 28.2. The number of azide groups is 1. The zero-order chi connectivity index (χ0) is 33.8. The molecule has 0 aliphatic carbocycles. The maximum absolute atomic E-state index is 16.6. The Labute approximate surface area is 269 Å². The van der Waals surface area contributed by atoms with Gasteiger partial charge in [-0.25, -0.2) is 13.9 Å². The summed E-state index contributed by atoms with van der Waals surface area (Å²) >= 11 is 0. The fraction of sp³-hybridized carbons (Fsp3) is 0.303. The molecule has 3 radical (unpaired) electrons. The van der Waals surface area contributed by atoms with Crippen LogP contribution in [0.4, 0.5) is 15.8 Å². The highest BCUT2D eigenvalue weighted by molar-refractivity contribution is 6.10. The molecule has 13 heteroatoms. The first-order chi connectivity index (χ1) is 21.9. The average Bonchev–Trinajstić information content (AvgIpc) is 3.41. The first-order valence-corrected chi connectivity index (χ1v) is 14.8. The van der Waals surface area contributed by atoms with Crippen molar-refractivity contribution >= 4 is 33.7 Å². The van der Waals surface area contributed by atoms with E-state index in [1.165, 1.54) is 7.11 Å². The maximum atomic E-state index is 16.6. The van der Waals surface area contributed by atoms with Gasteiger partial charge in [-0.2, -0.15) is 5.10 Å². The Morgan fingerprint density at radius 3 is 2.37 bits per heavy atom. The van der Waals surface area contributed by atoms with Crippen LogP contribution in [0.25, 0.3) is 27.3 Å². The number of hydrogen-bond acceptors (Lipinski definition) is 7. The highest BCUT2D eigenvalue weighted by Crippen LogP contribution is 2.42. The van der Waals surface area contributed by atoms with Crippen LogP contribution in [0.15, 0.2) is 53.6 Å². The topological polar surface area (TPSA) is 140 Å². The Kier molecular flexibility index (Phi) is 10.3. The van der Waals surface area contributed by atoms with Gasteiger partial charge in [0, 0.05) is 10.5 Å². The highest BCUT2D eigenvalue weighted by Gasteiger charge is 2.31. The lowest BCUT2D eigenvalue weighted by Gasteiger charge is -2.27. The largest absolute Gasteiger partial charge is 0.497 e. The van der Waals surface area contributed by atoms with Crippen LogP contribution in [-0.4, -0.2) is 45.9 Å². The van der Waals surface area contributed by atoms with E-state index in [9.17, 15) is 15.1 Å². The van der Waals surface area contributed by atoms with E-state index in [2.05, 4.69) is 51.7 Å². The number of amides is 1. The van der Waals surface area contributed by atoms with E-state index >= 15 is 4.39 Å². The fourth-order valence-electron chi connectivity index (χ4n) is 5.28. The number of nitrogens with zero attached hydrogens (tertiary/aromatic N) is 5. The second-order valence-electron chi connectivity index (χ2n) is 11.4. The van der Waals surface area contributed by atoms with Crippen LogP contribution in [0.1, 0.15) is 70.9 Å². The number of aromatic nitrogens is 2. The zero-order valence-electron chi connectivity index (χ0n) is 26.7. The lowest BCUT2D eigenvalue weighted by atomic mass is 9.79. The van der Waals surface area contributed by atoms with Crippen molar-refractivity contribution in [3.8, 4) is 22.6 Å². The Morgan fingerprint density at radius 2 is 1.78 bits per heavy atom. The molecule has 1 N–H and O–H groups in total. The molecule has 1 heterocycles. The van der Waals surface area contributed by atoms with Gasteiger partial charge in [0.1, 0.15) is 17.1 Å². The third-order valence-electron chi connectivity index (χ3n) is 7.56. The minimum atomic E-state index is -0.900. The van der Waals surface area contributed by atoms with Crippen LogP contribution in [0.5, 0.6) is 5.75 Å². The molecule has 11 nitrogen and oxygen atoms in total. The average molecular weight is 642 g/mol. The van der Waals surface area contributed by atoms with Gasteiger partial charge in [-0.1, -0.05) is 50.2 Å². The van der Waals surface area contributed by atoms with Crippen molar-refractivity contribution in [3.63, 3.8) is 0 Å². The van der Waals surface area contributed by atoms with Crippen molar-refractivity contribution in [1.29, 1.82) is 0 Å². The summed E-state index contributed by atoms with van der Waals surface area (Å²) in [6.07, 6.45) is 0. The SMILES string of the molecule is CCOC(=O)c1nn(-c2ccc(OC)cc2)c(C(=O)Nc2c(C)c(C)c(-c3ccccc3C(C)(C)C)c(CO[Si])c2F)c1N=[N+]=[N-]. The Balaban J connectivity index is 1.95. The summed E-state index contributed by atoms with van der Waals surface area (Å²) in [6, 6.07) is 14.2. The third kappa shape index (κ3) is 6.52. The van der Waals surface area contributed by atoms with Crippen LogP contribution >= 0.6 is 0 Å². The first kappa shape index (κ1) is 33.9. The molecule has 1 amide bonds. The lowest BCUT2D eigenvalue weighted by Crippen LogP contribution is -2.20. The lowest BCUT2D eigenvalue weighted by molar-refractivity contribution is 0.0519. The second-order valence-corrected chi connectivity index (χ2v) is 11.7. The molecule has 0 spiro atoms. The number of benzene rings is 3. The number of ether oxygens (including phenoxy) is 2. The van der Waals surface area contributed by atoms with Gasteiger partial charge in [0.05, 0.1) is 31.7 Å². The number of nitrogens with one attached hydrogen (secondary N) is 1. The number of carbonyl (C=O) groups is 2. The number of methoxy groups -OCH3 is 1. The van der Waals surface area contributed by atoms with Gasteiger partial charge >= 0.3 is 5.97 Å². The number of carbonyl (C=O) groups excluding carboxylic acids is 2. The number of esters is 1. The minimum Gasteiger partial charge on any atom is -0.497 e. The number of halogens is 1. The summed E-state index contributed by atoms with van der Waals surface area (Å²) in [7, 11) is 4.53. The van der Waals surface area contributed by atoms with E-state index in [-0.39, 0.29) is 47.0 Å².